The van der Waals surface area contributed by atoms with Crippen molar-refractivity contribution in [2.24, 2.45) is 0 Å². The van der Waals surface area contributed by atoms with Gasteiger partial charge in [-0.25, -0.2) is 9.59 Å². The second-order valence-electron chi connectivity index (χ2n) is 8.67. The monoisotopic (exact) mass is 378 g/mol. The van der Waals surface area contributed by atoms with E-state index in [9.17, 15) is 9.59 Å². The predicted molar refractivity (Wildman–Crippen MR) is 109 cm³/mol. The number of piperidine rings is 1. The number of hydrogen-bond donors (Lipinski definition) is 1. The van der Waals surface area contributed by atoms with E-state index in [-0.39, 0.29) is 17.4 Å². The van der Waals surface area contributed by atoms with Gasteiger partial charge >= 0.3 is 12.0 Å². The summed E-state index contributed by atoms with van der Waals surface area (Å²) < 4.78 is 5.75. The zero-order valence-corrected chi connectivity index (χ0v) is 16.6. The summed E-state index contributed by atoms with van der Waals surface area (Å²) in [6.45, 7) is 7.59. The SMILES string of the molecule is CC(C)(C)c1ccc(NC(=O)N2CCC3(CC2)OC(=O)c2ccccc23)cc1. The van der Waals surface area contributed by atoms with Gasteiger partial charge in [-0.05, 0) is 29.2 Å². The van der Waals surface area contributed by atoms with Crippen molar-refractivity contribution in [3.63, 3.8) is 0 Å². The van der Waals surface area contributed by atoms with Crippen molar-refractivity contribution in [3.05, 3.63) is 65.2 Å². The van der Waals surface area contributed by atoms with Gasteiger partial charge in [0.2, 0.25) is 0 Å². The van der Waals surface area contributed by atoms with Gasteiger partial charge in [-0.15, -0.1) is 0 Å². The van der Waals surface area contributed by atoms with Gasteiger partial charge in [-0.3, -0.25) is 0 Å². The van der Waals surface area contributed by atoms with Crippen LogP contribution in [0.5, 0.6) is 0 Å². The van der Waals surface area contributed by atoms with Crippen LogP contribution >= 0.6 is 0 Å². The molecule has 2 aromatic rings. The number of hydrogen-bond acceptors (Lipinski definition) is 3. The first kappa shape index (κ1) is 18.5. The van der Waals surface area contributed by atoms with Crippen molar-refractivity contribution >= 4 is 17.7 Å². The maximum absolute atomic E-state index is 12.7. The van der Waals surface area contributed by atoms with Gasteiger partial charge in [-0.1, -0.05) is 51.1 Å². The van der Waals surface area contributed by atoms with Gasteiger partial charge in [0, 0.05) is 37.2 Å². The number of rotatable bonds is 1. The lowest BCUT2D eigenvalue weighted by Crippen LogP contribution is -2.46. The Morgan fingerprint density at radius 3 is 2.32 bits per heavy atom. The molecule has 5 heteroatoms. The van der Waals surface area contributed by atoms with E-state index in [4.69, 9.17) is 4.74 Å². The van der Waals surface area contributed by atoms with E-state index in [2.05, 4.69) is 38.2 Å². The Kier molecular flexibility index (Phi) is 4.41. The summed E-state index contributed by atoms with van der Waals surface area (Å²) in [5.41, 5.74) is 3.12. The third-order valence-corrected chi connectivity index (χ3v) is 5.79. The summed E-state index contributed by atoms with van der Waals surface area (Å²) in [6.07, 6.45) is 1.23. The number of fused-ring (bicyclic) bond motifs is 2. The molecule has 2 aromatic carbocycles. The number of carbonyl (C=O) groups is 2. The average molecular weight is 378 g/mol. The molecule has 1 fully saturated rings. The minimum Gasteiger partial charge on any atom is -0.450 e. The number of urea groups is 1. The van der Waals surface area contributed by atoms with Gasteiger partial charge in [-0.2, -0.15) is 0 Å². The molecule has 2 aliphatic rings. The zero-order valence-electron chi connectivity index (χ0n) is 16.6. The number of ether oxygens (including phenoxy) is 1. The fourth-order valence-corrected chi connectivity index (χ4v) is 4.04. The van der Waals surface area contributed by atoms with Gasteiger partial charge in [0.15, 0.2) is 0 Å². The minimum absolute atomic E-state index is 0.0821. The first-order chi connectivity index (χ1) is 13.3. The average Bonchev–Trinajstić information content (AvgIpc) is 2.94. The predicted octanol–water partition coefficient (Wildman–Crippen LogP) is 4.68. The van der Waals surface area contributed by atoms with Gasteiger partial charge in [0.25, 0.3) is 0 Å². The summed E-state index contributed by atoms with van der Waals surface area (Å²) in [6, 6.07) is 15.4. The highest BCUT2D eigenvalue weighted by Crippen LogP contribution is 2.44. The van der Waals surface area contributed by atoms with E-state index < -0.39 is 5.60 Å². The van der Waals surface area contributed by atoms with Crippen LogP contribution in [0.25, 0.3) is 0 Å². The van der Waals surface area contributed by atoms with Gasteiger partial charge in [0.05, 0.1) is 5.56 Å². The fourth-order valence-electron chi connectivity index (χ4n) is 4.04. The molecule has 0 atom stereocenters. The number of anilines is 1. The third-order valence-electron chi connectivity index (χ3n) is 5.79. The molecule has 2 aliphatic heterocycles. The fraction of sp³-hybridized carbons (Fsp3) is 0.391. The molecule has 1 spiro atoms. The van der Waals surface area contributed by atoms with Gasteiger partial charge < -0.3 is 15.0 Å². The number of nitrogens with zero attached hydrogens (tertiary/aromatic N) is 1. The quantitative estimate of drug-likeness (QED) is 0.733. The van der Waals surface area contributed by atoms with Crippen LogP contribution in [0.15, 0.2) is 48.5 Å². The summed E-state index contributed by atoms with van der Waals surface area (Å²) in [5, 5.41) is 2.98. The number of benzene rings is 2. The van der Waals surface area contributed by atoms with Crippen LogP contribution in [0.1, 0.15) is 55.1 Å². The number of nitrogens with one attached hydrogen (secondary N) is 1. The van der Waals surface area contributed by atoms with Crippen LogP contribution in [0.2, 0.25) is 0 Å². The molecule has 0 bridgehead atoms. The Bertz CT molecular complexity index is 904. The summed E-state index contributed by atoms with van der Waals surface area (Å²) >= 11 is 0. The molecule has 1 N–H and O–H groups in total. The van der Waals surface area contributed by atoms with Gasteiger partial charge in [0.1, 0.15) is 5.60 Å². The van der Waals surface area contributed by atoms with Crippen molar-refractivity contribution in [1.29, 1.82) is 0 Å². The second kappa shape index (κ2) is 6.66. The van der Waals surface area contributed by atoms with Crippen molar-refractivity contribution in [2.45, 2.75) is 44.6 Å². The van der Waals surface area contributed by atoms with E-state index >= 15 is 0 Å². The van der Waals surface area contributed by atoms with Crippen molar-refractivity contribution in [3.8, 4) is 0 Å². The van der Waals surface area contributed by atoms with E-state index in [1.807, 2.05) is 36.4 Å². The highest BCUT2D eigenvalue weighted by atomic mass is 16.6. The van der Waals surface area contributed by atoms with Crippen LogP contribution in [-0.2, 0) is 15.8 Å². The molecule has 0 unspecified atom stereocenters. The third kappa shape index (κ3) is 3.26. The molecule has 146 valence electrons. The maximum atomic E-state index is 12.7. The Balaban J connectivity index is 1.41. The van der Waals surface area contributed by atoms with Crippen molar-refractivity contribution in [2.75, 3.05) is 18.4 Å². The van der Waals surface area contributed by atoms with Crippen LogP contribution in [-0.4, -0.2) is 30.0 Å². The summed E-state index contributed by atoms with van der Waals surface area (Å²) in [5.74, 6) is -0.257. The molecule has 28 heavy (non-hydrogen) atoms. The highest BCUT2D eigenvalue weighted by Gasteiger charge is 2.47. The Hall–Kier alpha value is -2.82. The van der Waals surface area contributed by atoms with Crippen molar-refractivity contribution < 1.29 is 14.3 Å². The molecule has 1 saturated heterocycles. The Morgan fingerprint density at radius 2 is 1.68 bits per heavy atom. The summed E-state index contributed by atoms with van der Waals surface area (Å²) in [7, 11) is 0. The lowest BCUT2D eigenvalue weighted by Gasteiger charge is -2.38. The Morgan fingerprint density at radius 1 is 1.04 bits per heavy atom. The molecule has 2 heterocycles. The minimum atomic E-state index is -0.585. The number of amides is 2. The maximum Gasteiger partial charge on any atom is 0.339 e. The molecule has 0 aliphatic carbocycles. The molecule has 0 radical (unpaired) electrons. The van der Waals surface area contributed by atoms with Crippen LogP contribution < -0.4 is 5.32 Å². The molecule has 2 amide bonds. The standard InChI is InChI=1S/C23H26N2O3/c1-22(2,3)16-8-10-17(11-9-16)24-21(27)25-14-12-23(13-15-25)19-7-5-4-6-18(19)20(26)28-23/h4-11H,12-15H2,1-3H3,(H,24,27). The largest absolute Gasteiger partial charge is 0.450 e. The smallest absolute Gasteiger partial charge is 0.339 e. The van der Waals surface area contributed by atoms with Crippen molar-refractivity contribution in [1.82, 2.24) is 4.90 Å². The van der Waals surface area contributed by atoms with E-state index in [0.717, 1.165) is 11.3 Å². The van der Waals surface area contributed by atoms with E-state index in [0.29, 0.717) is 31.5 Å². The second-order valence-corrected chi connectivity index (χ2v) is 8.67. The van der Waals surface area contributed by atoms with Crippen LogP contribution in [0, 0.1) is 0 Å². The first-order valence-corrected chi connectivity index (χ1v) is 9.78. The van der Waals surface area contributed by atoms with E-state index in [1.54, 1.807) is 4.90 Å². The lowest BCUT2D eigenvalue weighted by molar-refractivity contribution is -0.0363. The molecule has 5 nitrogen and oxygen atoms in total. The summed E-state index contributed by atoms with van der Waals surface area (Å²) in [4.78, 5) is 26.6. The van der Waals surface area contributed by atoms with Crippen LogP contribution in [0.4, 0.5) is 10.5 Å². The Labute approximate surface area is 165 Å². The number of esters is 1. The first-order valence-electron chi connectivity index (χ1n) is 9.78. The lowest BCUT2D eigenvalue weighted by atomic mass is 9.84. The molecular weight excluding hydrogens is 352 g/mol. The normalized spacial score (nSPS) is 18.0. The zero-order chi connectivity index (χ0) is 19.9. The molecule has 4 rings (SSSR count). The van der Waals surface area contributed by atoms with E-state index in [1.165, 1.54) is 5.56 Å². The highest BCUT2D eigenvalue weighted by molar-refractivity contribution is 5.95. The molecule has 0 aromatic heterocycles. The topological polar surface area (TPSA) is 58.6 Å². The van der Waals surface area contributed by atoms with Crippen LogP contribution in [0.3, 0.4) is 0 Å². The number of likely N-dealkylation sites (tertiary alicyclic amines) is 1. The number of carbonyl (C=O) groups excluding carboxylic acids is 2. The molecular formula is C23H26N2O3. The molecule has 0 saturated carbocycles.